The van der Waals surface area contributed by atoms with E-state index < -0.39 is 47.8 Å². The van der Waals surface area contributed by atoms with Crippen molar-refractivity contribution < 1.29 is 28.8 Å². The van der Waals surface area contributed by atoms with Crippen molar-refractivity contribution in [2.24, 2.45) is 22.2 Å². The number of fused-ring (bicyclic) bond motifs is 1. The van der Waals surface area contributed by atoms with Gasteiger partial charge >= 0.3 is 0 Å². The number of guanidine groups is 1. The molecule has 5 rings (SSSR count). The Balaban J connectivity index is 0.000000580. The molecule has 0 radical (unpaired) electrons. The first-order chi connectivity index (χ1) is 31.8. The van der Waals surface area contributed by atoms with Gasteiger partial charge in [0.1, 0.15) is 24.2 Å². The second-order valence-corrected chi connectivity index (χ2v) is 15.8. The zero-order chi connectivity index (χ0) is 48.7. The lowest BCUT2D eigenvalue weighted by atomic mass is 9.84. The summed E-state index contributed by atoms with van der Waals surface area (Å²) in [7, 11) is 1.65. The molecule has 1 saturated carbocycles. The minimum absolute atomic E-state index is 0.0892. The lowest BCUT2D eigenvalue weighted by Crippen LogP contribution is -2.58. The molecule has 2 unspecified atom stereocenters. The predicted octanol–water partition coefficient (Wildman–Crippen LogP) is 5.05. The van der Waals surface area contributed by atoms with Crippen LogP contribution in [0, 0.1) is 0 Å². The summed E-state index contributed by atoms with van der Waals surface area (Å²) in [6.45, 7) is 7.61. The van der Waals surface area contributed by atoms with Gasteiger partial charge in [-0.25, -0.2) is 0 Å². The smallest absolute Gasteiger partial charge is 0.243 e. The van der Waals surface area contributed by atoms with E-state index in [4.69, 9.17) is 17.2 Å². The Morgan fingerprint density at radius 2 is 1.26 bits per heavy atom. The van der Waals surface area contributed by atoms with Crippen LogP contribution in [0.5, 0.6) is 0 Å². The number of nitrogens with zero attached hydrogens (tertiary/aromatic N) is 1. The molecular weight excluding hydrogens is 835 g/mol. The number of nitrogens with one attached hydrogen (secondary N) is 5. The molecule has 0 aliphatic heterocycles. The van der Waals surface area contributed by atoms with Gasteiger partial charge in [-0.3, -0.25) is 33.8 Å². The molecule has 4 atom stereocenters. The number of hydrogen-bond donors (Lipinski definition) is 8. The summed E-state index contributed by atoms with van der Waals surface area (Å²) in [5.41, 5.74) is 19.3. The summed E-state index contributed by atoms with van der Waals surface area (Å²) in [5.74, 6) is -1.73. The fourth-order valence-electron chi connectivity index (χ4n) is 7.19. The van der Waals surface area contributed by atoms with E-state index in [9.17, 15) is 28.8 Å². The molecule has 15 nitrogen and oxygen atoms in total. The molecule has 11 N–H and O–H groups in total. The van der Waals surface area contributed by atoms with E-state index in [-0.39, 0.29) is 37.7 Å². The lowest BCUT2D eigenvalue weighted by molar-refractivity contribution is -0.133. The summed E-state index contributed by atoms with van der Waals surface area (Å²) in [6.07, 6.45) is 9.84. The minimum atomic E-state index is -1.12. The highest BCUT2D eigenvalue weighted by Crippen LogP contribution is 2.32. The predicted molar refractivity (Wildman–Crippen MR) is 264 cm³/mol. The maximum Gasteiger partial charge on any atom is 0.243 e. The van der Waals surface area contributed by atoms with Crippen molar-refractivity contribution in [3.8, 4) is 0 Å². The number of rotatable bonds is 20. The van der Waals surface area contributed by atoms with Crippen molar-refractivity contribution in [1.82, 2.24) is 26.6 Å². The summed E-state index contributed by atoms with van der Waals surface area (Å²) in [6, 6.07) is 29.2. The van der Waals surface area contributed by atoms with E-state index in [1.165, 1.54) is 39.0 Å². The molecule has 0 bridgehead atoms. The van der Waals surface area contributed by atoms with Crippen LogP contribution in [0.4, 0.5) is 0 Å². The second-order valence-electron chi connectivity index (χ2n) is 15.8. The van der Waals surface area contributed by atoms with Crippen LogP contribution < -0.4 is 43.8 Å². The van der Waals surface area contributed by atoms with Crippen LogP contribution in [0.1, 0.15) is 108 Å². The summed E-state index contributed by atoms with van der Waals surface area (Å²) in [4.78, 5) is 77.6. The Bertz CT molecular complexity index is 2090. The molecule has 0 spiro atoms. The monoisotopic (exact) mass is 908 g/mol. The third-order valence-corrected chi connectivity index (χ3v) is 10.8. The molecule has 15 heteroatoms. The van der Waals surface area contributed by atoms with Gasteiger partial charge < -0.3 is 43.8 Å². The van der Waals surface area contributed by atoms with E-state index in [0.717, 1.165) is 34.2 Å². The normalized spacial score (nSPS) is 13.6. The zero-order valence-corrected chi connectivity index (χ0v) is 39.4. The highest BCUT2D eigenvalue weighted by atomic mass is 16.2. The standard InChI is InChI=1S/C32H40N8O5.C12H16.C5H11NO.C2H6/c1-20(28(33)42)38-31(45)27(18-22-13-14-23-10-5-6-11-24(23)16-22)40-29(43)25(12-7-15-36-32(34)35)39-30(44)26(37-19-41)17-21-8-3-2-4-9-21;1-3-7-11(8-4-1)12-9-5-2-6-10-12;1-3-4-5(7)6-2;1-2/h2-6,8-11,13-14,16,19-20,25-27H,7,12,15,17-18H2,1H3,(H2,33,42)(H,37,41)(H,38,45)(H,39,44)(H,40,43)(H4,34,35,36);1,3-4,7-8,12H,2,5-6,9-10H2;3-4H2,1-2H3,(H,6,7);1-2H3/t20-,25?,26?,27-;;;/m0.../s1. The highest BCUT2D eigenvalue weighted by molar-refractivity contribution is 5.95. The molecule has 0 aromatic heterocycles. The topological polar surface area (TPSA) is 253 Å². The fourth-order valence-corrected chi connectivity index (χ4v) is 7.19. The molecule has 4 aromatic carbocycles. The van der Waals surface area contributed by atoms with Crippen LogP contribution >= 0.6 is 0 Å². The first-order valence-corrected chi connectivity index (χ1v) is 23.1. The Hall–Kier alpha value is -6.77. The van der Waals surface area contributed by atoms with Gasteiger partial charge in [0, 0.05) is 32.9 Å². The van der Waals surface area contributed by atoms with E-state index in [1.807, 2.05) is 93.6 Å². The third kappa shape index (κ3) is 21.3. The Kier molecular flexibility index (Phi) is 26.8. The van der Waals surface area contributed by atoms with Crippen molar-refractivity contribution in [3.05, 3.63) is 120 Å². The second kappa shape index (κ2) is 32.0. The molecule has 358 valence electrons. The van der Waals surface area contributed by atoms with Gasteiger partial charge in [0.05, 0.1) is 0 Å². The fraction of sp³-hybridized carbons (Fsp3) is 0.431. The number of carbonyl (C=O) groups is 6. The molecule has 1 aliphatic carbocycles. The largest absolute Gasteiger partial charge is 0.370 e. The van der Waals surface area contributed by atoms with Crippen molar-refractivity contribution in [3.63, 3.8) is 0 Å². The number of nitrogens with two attached hydrogens (primary N) is 3. The quantitative estimate of drug-likeness (QED) is 0.0257. The number of benzene rings is 4. The molecule has 66 heavy (non-hydrogen) atoms. The Morgan fingerprint density at radius 3 is 1.83 bits per heavy atom. The molecule has 6 amide bonds. The van der Waals surface area contributed by atoms with Gasteiger partial charge in [-0.05, 0) is 72.4 Å². The van der Waals surface area contributed by atoms with Crippen LogP contribution in [0.25, 0.3) is 10.8 Å². The van der Waals surface area contributed by atoms with Crippen LogP contribution in [0.15, 0.2) is 108 Å². The summed E-state index contributed by atoms with van der Waals surface area (Å²) in [5, 5.41) is 15.0. The van der Waals surface area contributed by atoms with Gasteiger partial charge in [-0.2, -0.15) is 0 Å². The molecule has 0 heterocycles. The summed E-state index contributed by atoms with van der Waals surface area (Å²) >= 11 is 0. The van der Waals surface area contributed by atoms with E-state index >= 15 is 0 Å². The van der Waals surface area contributed by atoms with Crippen LogP contribution in [0.3, 0.4) is 0 Å². The van der Waals surface area contributed by atoms with Crippen molar-refractivity contribution in [2.75, 3.05) is 13.6 Å². The van der Waals surface area contributed by atoms with Gasteiger partial charge in [-0.1, -0.05) is 143 Å². The molecule has 0 saturated heterocycles. The molecule has 1 aliphatic rings. The first kappa shape index (κ1) is 55.4. The minimum Gasteiger partial charge on any atom is -0.370 e. The van der Waals surface area contributed by atoms with Gasteiger partial charge in [0.2, 0.25) is 35.9 Å². The third-order valence-electron chi connectivity index (χ3n) is 10.8. The Morgan fingerprint density at radius 1 is 0.697 bits per heavy atom. The highest BCUT2D eigenvalue weighted by Gasteiger charge is 2.30. The van der Waals surface area contributed by atoms with Crippen molar-refractivity contribution in [2.45, 2.75) is 128 Å². The average molecular weight is 908 g/mol. The number of aliphatic imine (C=N–C) groups is 1. The molecule has 4 aromatic rings. The van der Waals surface area contributed by atoms with Gasteiger partial charge in [-0.15, -0.1) is 0 Å². The Labute approximate surface area is 390 Å². The molecular formula is C51H73N9O6. The number of carbonyl (C=O) groups excluding carboxylic acids is 6. The van der Waals surface area contributed by atoms with E-state index in [2.05, 4.69) is 61.9 Å². The van der Waals surface area contributed by atoms with E-state index in [0.29, 0.717) is 19.3 Å². The first-order valence-electron chi connectivity index (χ1n) is 23.1. The number of hydrogen-bond acceptors (Lipinski definition) is 7. The van der Waals surface area contributed by atoms with Crippen molar-refractivity contribution >= 4 is 52.7 Å². The van der Waals surface area contributed by atoms with Crippen LogP contribution in [0.2, 0.25) is 0 Å². The van der Waals surface area contributed by atoms with Crippen LogP contribution in [-0.4, -0.2) is 79.7 Å². The van der Waals surface area contributed by atoms with Crippen LogP contribution in [-0.2, 0) is 41.6 Å². The van der Waals surface area contributed by atoms with Gasteiger partial charge in [0.25, 0.3) is 0 Å². The number of primary amides is 1. The molecule has 1 fully saturated rings. The van der Waals surface area contributed by atoms with E-state index in [1.54, 1.807) is 12.6 Å². The number of amides is 6. The van der Waals surface area contributed by atoms with Crippen molar-refractivity contribution in [1.29, 1.82) is 0 Å². The maximum atomic E-state index is 13.7. The zero-order valence-electron chi connectivity index (χ0n) is 39.4. The SMILES string of the molecule is CC.CCCC(=O)NC.C[C@H](NC(=O)[C@H](Cc1ccc2ccccc2c1)NC(=O)C(CCCN=C(N)N)NC(=O)C(Cc1ccccc1)NC=O)C(N)=O.c1ccc(C2CCCCC2)cc1. The maximum absolute atomic E-state index is 13.7. The van der Waals surface area contributed by atoms with Gasteiger partial charge in [0.15, 0.2) is 5.96 Å². The average Bonchev–Trinajstić information content (AvgIpc) is 3.33. The lowest BCUT2D eigenvalue weighted by Gasteiger charge is -2.25. The summed E-state index contributed by atoms with van der Waals surface area (Å²) < 4.78 is 0.